The molecule has 1 amide bonds. The summed E-state index contributed by atoms with van der Waals surface area (Å²) in [4.78, 5) is 23.5. The van der Waals surface area contributed by atoms with Crippen molar-refractivity contribution >= 4 is 11.9 Å². The van der Waals surface area contributed by atoms with Crippen molar-refractivity contribution in [1.29, 1.82) is 0 Å². The van der Waals surface area contributed by atoms with Gasteiger partial charge in [-0.25, -0.2) is 4.68 Å². The van der Waals surface area contributed by atoms with Crippen LogP contribution in [0.4, 0.5) is 0 Å². The first-order chi connectivity index (χ1) is 11.0. The van der Waals surface area contributed by atoms with Crippen molar-refractivity contribution in [3.63, 3.8) is 0 Å². The van der Waals surface area contributed by atoms with Crippen LogP contribution in [0.3, 0.4) is 0 Å². The Morgan fingerprint density at radius 3 is 2.43 bits per heavy atom. The van der Waals surface area contributed by atoms with Gasteiger partial charge in [-0.05, 0) is 25.0 Å². The predicted molar refractivity (Wildman–Crippen MR) is 86.6 cm³/mol. The fraction of sp³-hybridized carbons (Fsp3) is 0.353. The number of hydrogen-bond acceptors (Lipinski definition) is 3. The maximum atomic E-state index is 12.4. The van der Waals surface area contributed by atoms with E-state index in [0.29, 0.717) is 18.4 Å². The lowest BCUT2D eigenvalue weighted by Gasteiger charge is -2.31. The van der Waals surface area contributed by atoms with Crippen molar-refractivity contribution < 1.29 is 14.7 Å². The minimum Gasteiger partial charge on any atom is -0.481 e. The van der Waals surface area contributed by atoms with E-state index >= 15 is 0 Å². The van der Waals surface area contributed by atoms with Gasteiger partial charge in [0.15, 0.2) is 0 Å². The van der Waals surface area contributed by atoms with Gasteiger partial charge in [-0.1, -0.05) is 32.0 Å². The molecule has 1 aromatic heterocycles. The highest BCUT2D eigenvalue weighted by molar-refractivity contribution is 5.94. The average molecular weight is 315 g/mol. The van der Waals surface area contributed by atoms with Crippen molar-refractivity contribution in [3.8, 4) is 5.69 Å². The van der Waals surface area contributed by atoms with E-state index in [-0.39, 0.29) is 12.3 Å². The van der Waals surface area contributed by atoms with Crippen molar-refractivity contribution in [2.45, 2.75) is 38.6 Å². The molecule has 0 aliphatic heterocycles. The van der Waals surface area contributed by atoms with Gasteiger partial charge in [-0.2, -0.15) is 5.10 Å². The molecule has 0 atom stereocenters. The number of carboxylic acid groups (broad SMARTS) is 1. The predicted octanol–water partition coefficient (Wildman–Crippen LogP) is 2.64. The molecule has 0 unspecified atom stereocenters. The Morgan fingerprint density at radius 1 is 1.22 bits per heavy atom. The molecule has 0 bridgehead atoms. The van der Waals surface area contributed by atoms with Gasteiger partial charge >= 0.3 is 5.97 Å². The van der Waals surface area contributed by atoms with Crippen LogP contribution in [0.25, 0.3) is 5.69 Å². The van der Waals surface area contributed by atoms with Crippen molar-refractivity contribution in [2.24, 2.45) is 0 Å². The third-order valence-corrected chi connectivity index (χ3v) is 4.09. The first-order valence-corrected chi connectivity index (χ1v) is 7.64. The zero-order valence-corrected chi connectivity index (χ0v) is 13.3. The van der Waals surface area contributed by atoms with Crippen LogP contribution in [0.5, 0.6) is 0 Å². The minimum atomic E-state index is -0.922. The normalized spacial score (nSPS) is 11.2. The second kappa shape index (κ2) is 7.09. The van der Waals surface area contributed by atoms with Gasteiger partial charge < -0.3 is 10.4 Å². The van der Waals surface area contributed by atoms with Crippen LogP contribution in [0.2, 0.25) is 0 Å². The quantitative estimate of drug-likeness (QED) is 0.822. The highest BCUT2D eigenvalue weighted by atomic mass is 16.4. The maximum Gasteiger partial charge on any atom is 0.305 e. The molecule has 1 aromatic carbocycles. The van der Waals surface area contributed by atoms with Gasteiger partial charge in [0.05, 0.1) is 29.4 Å². The first kappa shape index (κ1) is 16.7. The number of para-hydroxylation sites is 1. The number of rotatable bonds is 7. The summed E-state index contributed by atoms with van der Waals surface area (Å²) in [7, 11) is 0. The summed E-state index contributed by atoms with van der Waals surface area (Å²) < 4.78 is 1.62. The van der Waals surface area contributed by atoms with E-state index in [1.54, 1.807) is 10.9 Å². The zero-order chi connectivity index (χ0) is 16.9. The van der Waals surface area contributed by atoms with Gasteiger partial charge in [-0.15, -0.1) is 0 Å². The number of carbonyl (C=O) groups excluding carboxylic acids is 1. The van der Waals surface area contributed by atoms with Crippen LogP contribution in [0.1, 0.15) is 43.5 Å². The molecule has 2 aromatic rings. The summed E-state index contributed by atoms with van der Waals surface area (Å²) in [6.45, 7) is 3.75. The zero-order valence-electron chi connectivity index (χ0n) is 13.3. The Hall–Kier alpha value is -2.63. The van der Waals surface area contributed by atoms with E-state index in [0.717, 1.165) is 5.69 Å². The lowest BCUT2D eigenvalue weighted by atomic mass is 9.88. The second-order valence-corrected chi connectivity index (χ2v) is 5.52. The monoisotopic (exact) mass is 315 g/mol. The SMILES string of the molecule is CCC(CC)(CC(=O)O)NC(=O)c1cnn(-c2ccccc2)c1. The van der Waals surface area contributed by atoms with Crippen LogP contribution in [0.15, 0.2) is 42.7 Å². The molecule has 2 N–H and O–H groups in total. The number of hydrogen-bond donors (Lipinski definition) is 2. The van der Waals surface area contributed by atoms with Crippen LogP contribution in [-0.2, 0) is 4.79 Å². The molecule has 6 nitrogen and oxygen atoms in total. The number of nitrogens with zero attached hydrogens (tertiary/aromatic N) is 2. The standard InChI is InChI=1S/C17H21N3O3/c1-3-17(4-2,10-15(21)22)19-16(23)13-11-18-20(12-13)14-8-6-5-7-9-14/h5-9,11-12H,3-4,10H2,1-2H3,(H,19,23)(H,21,22). The van der Waals surface area contributed by atoms with Crippen LogP contribution >= 0.6 is 0 Å². The highest BCUT2D eigenvalue weighted by Crippen LogP contribution is 2.21. The Morgan fingerprint density at radius 2 is 1.87 bits per heavy atom. The van der Waals surface area contributed by atoms with Gasteiger partial charge in [0.25, 0.3) is 5.91 Å². The number of nitrogens with one attached hydrogen (secondary N) is 1. The number of aromatic nitrogens is 2. The summed E-state index contributed by atoms with van der Waals surface area (Å²) in [6.07, 6.45) is 4.13. The molecule has 2 rings (SSSR count). The molecule has 122 valence electrons. The Balaban J connectivity index is 2.17. The average Bonchev–Trinajstić information content (AvgIpc) is 3.04. The van der Waals surface area contributed by atoms with Gasteiger partial charge in [0.1, 0.15) is 0 Å². The molecule has 0 fully saturated rings. The minimum absolute atomic E-state index is 0.0986. The summed E-state index contributed by atoms with van der Waals surface area (Å²) in [5.74, 6) is -1.23. The van der Waals surface area contributed by atoms with Gasteiger partial charge in [0.2, 0.25) is 0 Å². The molecule has 1 heterocycles. The highest BCUT2D eigenvalue weighted by Gasteiger charge is 2.31. The third-order valence-electron chi connectivity index (χ3n) is 4.09. The van der Waals surface area contributed by atoms with E-state index in [1.807, 2.05) is 44.2 Å². The molecule has 0 spiro atoms. The second-order valence-electron chi connectivity index (χ2n) is 5.52. The summed E-state index contributed by atoms with van der Waals surface area (Å²) in [6, 6.07) is 9.47. The molecule has 0 saturated carbocycles. The summed E-state index contributed by atoms with van der Waals surface area (Å²) in [5.41, 5.74) is 0.525. The molecular weight excluding hydrogens is 294 g/mol. The largest absolute Gasteiger partial charge is 0.481 e. The van der Waals surface area contributed by atoms with Gasteiger partial charge in [0, 0.05) is 6.20 Å². The summed E-state index contributed by atoms with van der Waals surface area (Å²) in [5, 5.41) is 16.1. The molecule has 0 aliphatic rings. The molecule has 23 heavy (non-hydrogen) atoms. The van der Waals surface area contributed by atoms with Crippen LogP contribution < -0.4 is 5.32 Å². The van der Waals surface area contributed by atoms with Crippen LogP contribution in [0, 0.1) is 0 Å². The number of benzene rings is 1. The van der Waals surface area contributed by atoms with Crippen LogP contribution in [-0.4, -0.2) is 32.3 Å². The molecule has 6 heteroatoms. The smallest absolute Gasteiger partial charge is 0.305 e. The lowest BCUT2D eigenvalue weighted by Crippen LogP contribution is -2.49. The van der Waals surface area contributed by atoms with E-state index in [9.17, 15) is 9.59 Å². The molecule has 0 aliphatic carbocycles. The Kier molecular flexibility index (Phi) is 5.16. The molecule has 0 radical (unpaired) electrons. The Labute approximate surface area is 135 Å². The number of amides is 1. The fourth-order valence-corrected chi connectivity index (χ4v) is 2.49. The number of carboxylic acids is 1. The van der Waals surface area contributed by atoms with Crippen molar-refractivity contribution in [2.75, 3.05) is 0 Å². The maximum absolute atomic E-state index is 12.4. The summed E-state index contributed by atoms with van der Waals surface area (Å²) >= 11 is 0. The fourth-order valence-electron chi connectivity index (χ4n) is 2.49. The van der Waals surface area contributed by atoms with E-state index < -0.39 is 11.5 Å². The molecular formula is C17H21N3O3. The van der Waals surface area contributed by atoms with E-state index in [1.165, 1.54) is 6.20 Å². The number of aliphatic carboxylic acids is 1. The van der Waals surface area contributed by atoms with E-state index in [4.69, 9.17) is 5.11 Å². The van der Waals surface area contributed by atoms with Gasteiger partial charge in [-0.3, -0.25) is 9.59 Å². The third kappa shape index (κ3) is 3.97. The van der Waals surface area contributed by atoms with Crippen molar-refractivity contribution in [1.82, 2.24) is 15.1 Å². The first-order valence-electron chi connectivity index (χ1n) is 7.64. The lowest BCUT2D eigenvalue weighted by molar-refractivity contribution is -0.138. The van der Waals surface area contributed by atoms with E-state index in [2.05, 4.69) is 10.4 Å². The van der Waals surface area contributed by atoms with Crippen molar-refractivity contribution in [3.05, 3.63) is 48.3 Å². The topological polar surface area (TPSA) is 84.2 Å². The Bertz CT molecular complexity index is 675. The number of carbonyl (C=O) groups is 2. The molecule has 0 saturated heterocycles.